The van der Waals surface area contributed by atoms with Crippen molar-refractivity contribution in [3.63, 3.8) is 0 Å². The third-order valence-corrected chi connectivity index (χ3v) is 11.5. The van der Waals surface area contributed by atoms with Gasteiger partial charge in [0.05, 0.1) is 22.3 Å². The number of benzene rings is 8. The molecule has 11 aromatic rings. The highest BCUT2D eigenvalue weighted by Gasteiger charge is 2.22. The summed E-state index contributed by atoms with van der Waals surface area (Å²) in [5.74, 6) is 0. The van der Waals surface area contributed by atoms with Gasteiger partial charge in [-0.1, -0.05) is 134 Å². The van der Waals surface area contributed by atoms with Crippen LogP contribution < -0.4 is 4.90 Å². The van der Waals surface area contributed by atoms with Gasteiger partial charge in [-0.05, 0) is 96.4 Å². The zero-order valence-electron chi connectivity index (χ0n) is 32.5. The molecule has 280 valence electrons. The quantitative estimate of drug-likeness (QED) is 0.155. The summed E-state index contributed by atoms with van der Waals surface area (Å²) >= 11 is 0. The average Bonchev–Trinajstić information content (AvgIpc) is 3.97. The number of para-hydroxylation sites is 3. The van der Waals surface area contributed by atoms with E-state index in [1.165, 1.54) is 16.5 Å². The van der Waals surface area contributed by atoms with Crippen molar-refractivity contribution in [2.75, 3.05) is 4.90 Å². The van der Waals surface area contributed by atoms with Crippen LogP contribution in [0.2, 0.25) is 0 Å². The van der Waals surface area contributed by atoms with Gasteiger partial charge in [-0.3, -0.25) is 0 Å². The van der Waals surface area contributed by atoms with Crippen LogP contribution in [0.3, 0.4) is 0 Å². The van der Waals surface area contributed by atoms with Crippen molar-refractivity contribution in [1.29, 1.82) is 0 Å². The maximum Gasteiger partial charge on any atom is 0.143 e. The summed E-state index contributed by atoms with van der Waals surface area (Å²) in [7, 11) is 0. The number of hydrogen-bond donors (Lipinski definition) is 0. The van der Waals surface area contributed by atoms with Crippen LogP contribution in [0.1, 0.15) is 18.2 Å². The Morgan fingerprint density at radius 3 is 1.86 bits per heavy atom. The number of hydrogen-bond acceptors (Lipinski definition) is 3. The normalized spacial score (nSPS) is 11.8. The molecule has 8 aromatic carbocycles. The van der Waals surface area contributed by atoms with Crippen molar-refractivity contribution in [3.8, 4) is 27.9 Å². The van der Waals surface area contributed by atoms with Crippen molar-refractivity contribution < 1.29 is 8.83 Å². The molecule has 3 aromatic heterocycles. The molecule has 4 heteroatoms. The molecule has 11 rings (SSSR count). The van der Waals surface area contributed by atoms with E-state index in [4.69, 9.17) is 8.83 Å². The Balaban J connectivity index is 1.11. The standard InChI is InChI=1S/C55H38N2O2/c1-3-15-42-43-18-8-11-21-49(43)57(48(42)4-2)41-34-46(55-47(35-41)44-19-9-12-23-51(44)59-55)38-28-32-40(33-29-38)56(39-30-26-37(27-31-39)36-16-6-5-7-17-36)50-22-14-25-53-54(50)45-20-10-13-24-52(45)58-53/h3-35H,2H2,1H3/b15-3-. The Bertz CT molecular complexity index is 3400. The first kappa shape index (κ1) is 34.4. The van der Waals surface area contributed by atoms with Crippen LogP contribution in [0.5, 0.6) is 0 Å². The minimum absolute atomic E-state index is 0.851. The van der Waals surface area contributed by atoms with Gasteiger partial charge in [0.2, 0.25) is 0 Å². The molecule has 3 heterocycles. The SMILES string of the molecule is C=Cc1c(/C=C\C)c2ccccc2n1-c1cc(-c2ccc(N(c3ccc(-c4ccccc4)cc3)c3cccc4oc5ccccc5c34)cc2)c2oc3ccccc3c2c1. The first-order chi connectivity index (χ1) is 29.2. The molecule has 4 nitrogen and oxygen atoms in total. The summed E-state index contributed by atoms with van der Waals surface area (Å²) in [5.41, 5.74) is 15.3. The molecule has 0 aliphatic heterocycles. The third-order valence-electron chi connectivity index (χ3n) is 11.5. The van der Waals surface area contributed by atoms with E-state index in [9.17, 15) is 0 Å². The van der Waals surface area contributed by atoms with Gasteiger partial charge < -0.3 is 18.3 Å². The lowest BCUT2D eigenvalue weighted by molar-refractivity contribution is 0.669. The van der Waals surface area contributed by atoms with Gasteiger partial charge >= 0.3 is 0 Å². The minimum Gasteiger partial charge on any atom is -0.456 e. The lowest BCUT2D eigenvalue weighted by atomic mass is 10.00. The van der Waals surface area contributed by atoms with E-state index in [-0.39, 0.29) is 0 Å². The zero-order chi connectivity index (χ0) is 39.5. The molecular formula is C55H38N2O2. The van der Waals surface area contributed by atoms with Crippen LogP contribution in [0, 0.1) is 0 Å². The van der Waals surface area contributed by atoms with Crippen LogP contribution in [0.15, 0.2) is 203 Å². The minimum atomic E-state index is 0.851. The summed E-state index contributed by atoms with van der Waals surface area (Å²) in [5, 5.41) is 5.49. The van der Waals surface area contributed by atoms with Gasteiger partial charge in [-0.15, -0.1) is 0 Å². The summed E-state index contributed by atoms with van der Waals surface area (Å²) < 4.78 is 15.4. The van der Waals surface area contributed by atoms with E-state index in [0.717, 1.165) is 94.5 Å². The molecule has 0 N–H and O–H groups in total. The Morgan fingerprint density at radius 2 is 1.14 bits per heavy atom. The monoisotopic (exact) mass is 758 g/mol. The van der Waals surface area contributed by atoms with Gasteiger partial charge in [0.25, 0.3) is 0 Å². The van der Waals surface area contributed by atoms with E-state index in [1.807, 2.05) is 30.3 Å². The van der Waals surface area contributed by atoms with Gasteiger partial charge in [0, 0.05) is 49.7 Å². The predicted molar refractivity (Wildman–Crippen MR) is 248 cm³/mol. The van der Waals surface area contributed by atoms with Crippen LogP contribution in [-0.4, -0.2) is 4.57 Å². The number of furan rings is 2. The van der Waals surface area contributed by atoms with Crippen molar-refractivity contribution >= 4 is 84.0 Å². The van der Waals surface area contributed by atoms with E-state index in [0.29, 0.717) is 0 Å². The molecular weight excluding hydrogens is 721 g/mol. The molecule has 0 fully saturated rings. The first-order valence-corrected chi connectivity index (χ1v) is 20.0. The highest BCUT2D eigenvalue weighted by molar-refractivity contribution is 6.14. The van der Waals surface area contributed by atoms with Crippen molar-refractivity contribution in [3.05, 3.63) is 206 Å². The number of fused-ring (bicyclic) bond motifs is 7. The number of nitrogens with zero attached hydrogens (tertiary/aromatic N) is 2. The van der Waals surface area contributed by atoms with Gasteiger partial charge in [-0.2, -0.15) is 0 Å². The third kappa shape index (κ3) is 5.60. The average molecular weight is 759 g/mol. The molecule has 0 aliphatic rings. The fraction of sp³-hybridized carbons (Fsp3) is 0.0182. The van der Waals surface area contributed by atoms with E-state index < -0.39 is 0 Å². The second-order valence-electron chi connectivity index (χ2n) is 14.9. The Morgan fingerprint density at radius 1 is 0.525 bits per heavy atom. The van der Waals surface area contributed by atoms with E-state index in [1.54, 1.807) is 0 Å². The largest absolute Gasteiger partial charge is 0.456 e. The second-order valence-corrected chi connectivity index (χ2v) is 14.9. The second kappa shape index (κ2) is 14.0. The molecule has 0 spiro atoms. The fourth-order valence-electron chi connectivity index (χ4n) is 8.85. The number of aromatic nitrogens is 1. The molecule has 0 saturated carbocycles. The molecule has 0 unspecified atom stereocenters. The molecule has 0 amide bonds. The molecule has 0 aliphatic carbocycles. The summed E-state index contributed by atoms with van der Waals surface area (Å²) in [4.78, 5) is 2.33. The van der Waals surface area contributed by atoms with Crippen molar-refractivity contribution in [2.45, 2.75) is 6.92 Å². The molecule has 0 radical (unpaired) electrons. The Kier molecular flexibility index (Phi) is 8.16. The predicted octanol–water partition coefficient (Wildman–Crippen LogP) is 15.9. The Hall–Kier alpha value is -7.82. The smallest absolute Gasteiger partial charge is 0.143 e. The lowest BCUT2D eigenvalue weighted by Gasteiger charge is -2.26. The summed E-state index contributed by atoms with van der Waals surface area (Å²) in [6, 6.07) is 64.2. The molecule has 0 saturated heterocycles. The summed E-state index contributed by atoms with van der Waals surface area (Å²) in [6.07, 6.45) is 6.23. The highest BCUT2D eigenvalue weighted by Crippen LogP contribution is 2.45. The van der Waals surface area contributed by atoms with Crippen LogP contribution in [0.4, 0.5) is 17.1 Å². The fourth-order valence-corrected chi connectivity index (χ4v) is 8.85. The van der Waals surface area contributed by atoms with Gasteiger partial charge in [0.1, 0.15) is 22.3 Å². The molecule has 0 atom stereocenters. The molecule has 0 bridgehead atoms. The number of anilines is 3. The molecule has 59 heavy (non-hydrogen) atoms. The lowest BCUT2D eigenvalue weighted by Crippen LogP contribution is -2.10. The maximum absolute atomic E-state index is 6.70. The number of allylic oxidation sites excluding steroid dienone is 1. The number of rotatable bonds is 8. The summed E-state index contributed by atoms with van der Waals surface area (Å²) in [6.45, 7) is 6.34. The van der Waals surface area contributed by atoms with E-state index in [2.05, 4.69) is 193 Å². The van der Waals surface area contributed by atoms with Crippen LogP contribution in [-0.2, 0) is 0 Å². The highest BCUT2D eigenvalue weighted by atomic mass is 16.3. The van der Waals surface area contributed by atoms with Gasteiger partial charge in [0.15, 0.2) is 0 Å². The maximum atomic E-state index is 6.70. The first-order valence-electron chi connectivity index (χ1n) is 20.0. The van der Waals surface area contributed by atoms with Crippen molar-refractivity contribution in [1.82, 2.24) is 4.57 Å². The van der Waals surface area contributed by atoms with E-state index >= 15 is 0 Å². The zero-order valence-corrected chi connectivity index (χ0v) is 32.5. The van der Waals surface area contributed by atoms with Gasteiger partial charge in [-0.25, -0.2) is 0 Å². The van der Waals surface area contributed by atoms with Crippen LogP contribution >= 0.6 is 0 Å². The van der Waals surface area contributed by atoms with Crippen LogP contribution in [0.25, 0.3) is 94.9 Å². The Labute approximate surface area is 341 Å². The van der Waals surface area contributed by atoms with Crippen molar-refractivity contribution in [2.24, 2.45) is 0 Å². The topological polar surface area (TPSA) is 34.5 Å².